The highest BCUT2D eigenvalue weighted by atomic mass is 16.3. The van der Waals surface area contributed by atoms with Crippen molar-refractivity contribution in [1.29, 1.82) is 0 Å². The molecule has 4 nitrogen and oxygen atoms in total. The Bertz CT molecular complexity index is 2480. The highest BCUT2D eigenvalue weighted by Crippen LogP contribution is 2.40. The number of fused-ring (bicyclic) bond motifs is 4. The molecule has 0 saturated heterocycles. The second-order valence-corrected chi connectivity index (χ2v) is 11.8. The summed E-state index contributed by atoms with van der Waals surface area (Å²) >= 11 is 0. The summed E-state index contributed by atoms with van der Waals surface area (Å²) in [6.45, 7) is 0. The molecule has 1 aliphatic rings. The minimum absolute atomic E-state index is 0.304. The van der Waals surface area contributed by atoms with E-state index >= 15 is 0 Å². The van der Waals surface area contributed by atoms with E-state index in [1.54, 1.807) is 0 Å². The Hall–Kier alpha value is -6.26. The lowest BCUT2D eigenvalue weighted by Crippen LogP contribution is -2.33. The molecule has 4 heteroatoms. The predicted octanol–water partition coefficient (Wildman–Crippen LogP) is 10.6. The van der Waals surface area contributed by atoms with Gasteiger partial charge in [-0.1, -0.05) is 146 Å². The third-order valence-electron chi connectivity index (χ3n) is 8.94. The minimum Gasteiger partial charge on any atom is -0.456 e. The topological polar surface area (TPSA) is 49.9 Å². The van der Waals surface area contributed by atoms with Crippen molar-refractivity contribution in [3.8, 4) is 22.3 Å². The Morgan fingerprint density at radius 2 is 1.04 bits per heavy atom. The second-order valence-electron chi connectivity index (χ2n) is 11.8. The van der Waals surface area contributed by atoms with Crippen molar-refractivity contribution in [2.75, 3.05) is 0 Å². The normalized spacial score (nSPS) is 14.6. The summed E-state index contributed by atoms with van der Waals surface area (Å²) in [5.41, 5.74) is 9.25. The lowest BCUT2D eigenvalue weighted by Gasteiger charge is -2.24. The second kappa shape index (κ2) is 11.3. The highest BCUT2D eigenvalue weighted by molar-refractivity contribution is 6.23. The van der Waals surface area contributed by atoms with E-state index in [0.717, 1.165) is 55.6 Å². The number of rotatable bonds is 5. The molecule has 47 heavy (non-hydrogen) atoms. The molecule has 0 amide bonds. The first kappa shape index (κ1) is 27.1. The molecule has 0 spiro atoms. The molecule has 8 aromatic rings. The molecule has 0 bridgehead atoms. The van der Waals surface area contributed by atoms with Gasteiger partial charge in [0, 0.05) is 21.9 Å². The summed E-state index contributed by atoms with van der Waals surface area (Å²) in [7, 11) is 0. The molecule has 0 aliphatic carbocycles. The van der Waals surface area contributed by atoms with Crippen LogP contribution in [0.4, 0.5) is 0 Å². The van der Waals surface area contributed by atoms with Gasteiger partial charge in [0.25, 0.3) is 0 Å². The Kier molecular flexibility index (Phi) is 6.50. The maximum absolute atomic E-state index is 6.56. The van der Waals surface area contributed by atoms with Crippen LogP contribution >= 0.6 is 0 Å². The van der Waals surface area contributed by atoms with Crippen LogP contribution in [-0.4, -0.2) is 11.7 Å². The van der Waals surface area contributed by atoms with Crippen molar-refractivity contribution in [2.45, 2.75) is 6.17 Å². The Labute approximate surface area is 272 Å². The van der Waals surface area contributed by atoms with Crippen LogP contribution < -0.4 is 5.32 Å². The first-order valence-electron chi connectivity index (χ1n) is 15.9. The summed E-state index contributed by atoms with van der Waals surface area (Å²) in [5.74, 6) is 1.45. The number of amidine groups is 2. The molecular weight excluding hydrogens is 574 g/mol. The van der Waals surface area contributed by atoms with E-state index in [9.17, 15) is 0 Å². The molecule has 1 N–H and O–H groups in total. The zero-order valence-electron chi connectivity index (χ0n) is 25.5. The molecule has 1 unspecified atom stereocenters. The van der Waals surface area contributed by atoms with Gasteiger partial charge in [0.1, 0.15) is 23.2 Å². The number of hydrogen-bond donors (Lipinski definition) is 1. The van der Waals surface area contributed by atoms with Gasteiger partial charge in [-0.2, -0.15) is 0 Å². The predicted molar refractivity (Wildman–Crippen MR) is 194 cm³/mol. The third kappa shape index (κ3) is 4.79. The zero-order chi connectivity index (χ0) is 31.2. The summed E-state index contributed by atoms with van der Waals surface area (Å²) < 4.78 is 6.56. The van der Waals surface area contributed by atoms with E-state index in [4.69, 9.17) is 14.4 Å². The number of aliphatic imine (C=N–C) groups is 2. The molecule has 7 aromatic carbocycles. The highest BCUT2D eigenvalue weighted by Gasteiger charge is 2.24. The monoisotopic (exact) mass is 603 g/mol. The third-order valence-corrected chi connectivity index (χ3v) is 8.94. The van der Waals surface area contributed by atoms with Gasteiger partial charge in [-0.05, 0) is 56.8 Å². The number of nitrogens with one attached hydrogen (secondary N) is 1. The van der Waals surface area contributed by atoms with Gasteiger partial charge in [-0.15, -0.1) is 0 Å². The van der Waals surface area contributed by atoms with Gasteiger partial charge in [0.05, 0.1) is 0 Å². The van der Waals surface area contributed by atoms with Crippen LogP contribution in [0.2, 0.25) is 0 Å². The summed E-state index contributed by atoms with van der Waals surface area (Å²) in [4.78, 5) is 10.5. The van der Waals surface area contributed by atoms with Crippen molar-refractivity contribution >= 4 is 44.4 Å². The zero-order valence-corrected chi connectivity index (χ0v) is 25.5. The fraction of sp³-hybridized carbons (Fsp3) is 0.0233. The first-order valence-corrected chi connectivity index (χ1v) is 15.9. The van der Waals surface area contributed by atoms with Crippen LogP contribution in [0, 0.1) is 0 Å². The van der Waals surface area contributed by atoms with Gasteiger partial charge in [0.2, 0.25) is 0 Å². The number of benzene rings is 7. The van der Waals surface area contributed by atoms with Crippen LogP contribution in [0.15, 0.2) is 178 Å². The maximum atomic E-state index is 6.56. The number of nitrogens with zero attached hydrogens (tertiary/aromatic N) is 2. The molecule has 0 fully saturated rings. The smallest absolute Gasteiger partial charge is 0.160 e. The van der Waals surface area contributed by atoms with E-state index in [0.29, 0.717) is 5.84 Å². The molecule has 1 aliphatic heterocycles. The van der Waals surface area contributed by atoms with E-state index in [2.05, 4.69) is 121 Å². The number of para-hydroxylation sites is 1. The van der Waals surface area contributed by atoms with Crippen LogP contribution in [0.1, 0.15) is 22.9 Å². The molecule has 0 radical (unpaired) electrons. The summed E-state index contributed by atoms with van der Waals surface area (Å²) in [6.07, 6.45) is -0.304. The van der Waals surface area contributed by atoms with E-state index in [-0.39, 0.29) is 6.17 Å². The molecule has 1 atom stereocenters. The van der Waals surface area contributed by atoms with E-state index in [1.807, 2.05) is 48.5 Å². The number of hydrogen-bond acceptors (Lipinski definition) is 4. The SMILES string of the molecule is c1ccc(C2=NC(c3cc(-c4ccc(-c5ccccc5)c5ccccc45)cc4oc5ccccc5c34)=NC(c3ccccc3)N2)cc1. The average molecular weight is 604 g/mol. The fourth-order valence-electron chi connectivity index (χ4n) is 6.72. The van der Waals surface area contributed by atoms with Gasteiger partial charge >= 0.3 is 0 Å². The molecule has 9 rings (SSSR count). The standard InChI is InChI=1S/C43H29N3O/c1-4-14-28(15-5-1)32-24-25-33(35-21-11-10-20-34(32)35)31-26-37(40-36-22-12-13-23-38(36)47-39(40)27-31)43-45-41(29-16-6-2-7-17-29)44-42(46-43)30-18-8-3-9-19-30/h1-27,41H,(H,44,45,46). The average Bonchev–Trinajstić information content (AvgIpc) is 3.53. The van der Waals surface area contributed by atoms with E-state index < -0.39 is 0 Å². The number of furan rings is 1. The molecule has 2 heterocycles. The lowest BCUT2D eigenvalue weighted by molar-refractivity contribution is 0.668. The van der Waals surface area contributed by atoms with Gasteiger partial charge < -0.3 is 9.73 Å². The quantitative estimate of drug-likeness (QED) is 0.213. The van der Waals surface area contributed by atoms with Crippen LogP contribution in [0.5, 0.6) is 0 Å². The van der Waals surface area contributed by atoms with Crippen molar-refractivity contribution in [2.24, 2.45) is 9.98 Å². The van der Waals surface area contributed by atoms with Gasteiger partial charge in [-0.25, -0.2) is 9.98 Å². The lowest BCUT2D eigenvalue weighted by atomic mass is 9.90. The first-order chi connectivity index (χ1) is 23.3. The Morgan fingerprint density at radius 3 is 1.74 bits per heavy atom. The Balaban J connectivity index is 1.31. The minimum atomic E-state index is -0.304. The molecule has 222 valence electrons. The van der Waals surface area contributed by atoms with Crippen LogP contribution in [-0.2, 0) is 0 Å². The van der Waals surface area contributed by atoms with Gasteiger partial charge in [0.15, 0.2) is 5.84 Å². The van der Waals surface area contributed by atoms with Gasteiger partial charge in [-0.3, -0.25) is 0 Å². The van der Waals surface area contributed by atoms with Crippen molar-refractivity contribution in [3.05, 3.63) is 180 Å². The van der Waals surface area contributed by atoms with Crippen LogP contribution in [0.3, 0.4) is 0 Å². The molecular formula is C43H29N3O. The fourth-order valence-corrected chi connectivity index (χ4v) is 6.72. The Morgan fingerprint density at radius 1 is 0.468 bits per heavy atom. The van der Waals surface area contributed by atoms with Crippen LogP contribution in [0.25, 0.3) is 55.0 Å². The maximum Gasteiger partial charge on any atom is 0.160 e. The largest absolute Gasteiger partial charge is 0.456 e. The van der Waals surface area contributed by atoms with E-state index in [1.165, 1.54) is 21.9 Å². The summed E-state index contributed by atoms with van der Waals surface area (Å²) in [6, 6.07) is 56.9. The summed E-state index contributed by atoms with van der Waals surface area (Å²) in [5, 5.41) is 8.03. The molecule has 0 saturated carbocycles. The van der Waals surface area contributed by atoms with Crippen molar-refractivity contribution < 1.29 is 4.42 Å². The molecule has 1 aromatic heterocycles. The van der Waals surface area contributed by atoms with Crippen molar-refractivity contribution in [1.82, 2.24) is 5.32 Å². The van der Waals surface area contributed by atoms with Crippen molar-refractivity contribution in [3.63, 3.8) is 0 Å².